The van der Waals surface area contributed by atoms with Crippen LogP contribution in [0.1, 0.15) is 12.8 Å². The third-order valence-corrected chi connectivity index (χ3v) is 2.22. The summed E-state index contributed by atoms with van der Waals surface area (Å²) >= 11 is 0. The summed E-state index contributed by atoms with van der Waals surface area (Å²) in [7, 11) is 1.94. The fraction of sp³-hybridized carbons (Fsp3) is 0.875. The number of rotatable bonds is 3. The fourth-order valence-corrected chi connectivity index (χ4v) is 1.53. The zero-order valence-electron chi connectivity index (χ0n) is 7.38. The Morgan fingerprint density at radius 2 is 2.42 bits per heavy atom. The maximum absolute atomic E-state index is 11.3. The fourth-order valence-electron chi connectivity index (χ4n) is 1.53. The van der Waals surface area contributed by atoms with Crippen molar-refractivity contribution in [3.63, 3.8) is 0 Å². The van der Waals surface area contributed by atoms with Gasteiger partial charge in [0.15, 0.2) is 0 Å². The second-order valence-electron chi connectivity index (χ2n) is 3.13. The van der Waals surface area contributed by atoms with Gasteiger partial charge in [-0.15, -0.1) is 0 Å². The average molecular weight is 171 g/mol. The molecule has 0 aromatic rings. The predicted molar refractivity (Wildman–Crippen MR) is 44.2 cm³/mol. The highest BCUT2D eigenvalue weighted by Crippen LogP contribution is 2.14. The lowest BCUT2D eigenvalue weighted by Crippen LogP contribution is -2.42. The third kappa shape index (κ3) is 2.19. The number of nitrogens with one attached hydrogen (secondary N) is 1. The van der Waals surface area contributed by atoms with Gasteiger partial charge in [-0.25, -0.2) is 5.11 Å². The first kappa shape index (κ1) is 9.48. The Kier molecular flexibility index (Phi) is 3.49. The minimum Gasteiger partial charge on any atom is -0.352 e. The summed E-state index contributed by atoms with van der Waals surface area (Å²) in [4.78, 5) is 13.4. The molecule has 0 aromatic carbocycles. The minimum atomic E-state index is -0.234. The van der Waals surface area contributed by atoms with Gasteiger partial charge in [0.05, 0.1) is 12.6 Å². The molecule has 4 heteroatoms. The number of hydrogen-bond acceptors (Lipinski definition) is 2. The largest absolute Gasteiger partial charge is 0.352 e. The first-order valence-corrected chi connectivity index (χ1v) is 4.31. The van der Waals surface area contributed by atoms with Gasteiger partial charge in [0, 0.05) is 6.54 Å². The van der Waals surface area contributed by atoms with Crippen LogP contribution in [0.2, 0.25) is 0 Å². The molecule has 1 radical (unpaired) electrons. The van der Waals surface area contributed by atoms with Gasteiger partial charge in [-0.1, -0.05) is 0 Å². The maximum Gasteiger partial charge on any atom is 0.237 e. The maximum atomic E-state index is 11.3. The van der Waals surface area contributed by atoms with Gasteiger partial charge < -0.3 is 5.32 Å². The summed E-state index contributed by atoms with van der Waals surface area (Å²) in [6.45, 7) is 1.00. The smallest absolute Gasteiger partial charge is 0.237 e. The van der Waals surface area contributed by atoms with E-state index in [9.17, 15) is 9.90 Å². The van der Waals surface area contributed by atoms with E-state index < -0.39 is 0 Å². The van der Waals surface area contributed by atoms with Crippen molar-refractivity contribution in [1.29, 1.82) is 0 Å². The van der Waals surface area contributed by atoms with Crippen LogP contribution >= 0.6 is 0 Å². The van der Waals surface area contributed by atoms with Crippen molar-refractivity contribution in [3.8, 4) is 0 Å². The molecule has 0 unspecified atom stereocenters. The number of nitrogens with zero attached hydrogens (tertiary/aromatic N) is 1. The van der Waals surface area contributed by atoms with Gasteiger partial charge in [-0.05, 0) is 26.4 Å². The molecule has 0 aliphatic carbocycles. The Morgan fingerprint density at radius 1 is 1.67 bits per heavy atom. The molecular formula is C8H15N2O2. The predicted octanol–water partition coefficient (Wildman–Crippen LogP) is -0.373. The van der Waals surface area contributed by atoms with Crippen LogP contribution in [-0.4, -0.2) is 43.6 Å². The Morgan fingerprint density at radius 3 is 2.92 bits per heavy atom. The molecule has 1 N–H and O–H groups in total. The molecule has 1 fully saturated rings. The minimum absolute atomic E-state index is 0.00319. The Hall–Kier alpha value is -0.610. The van der Waals surface area contributed by atoms with Crippen LogP contribution in [0.4, 0.5) is 0 Å². The van der Waals surface area contributed by atoms with Crippen molar-refractivity contribution in [2.75, 3.05) is 26.7 Å². The average Bonchev–Trinajstić information content (AvgIpc) is 2.47. The van der Waals surface area contributed by atoms with Crippen molar-refractivity contribution >= 4 is 5.91 Å². The van der Waals surface area contributed by atoms with E-state index in [1.165, 1.54) is 0 Å². The van der Waals surface area contributed by atoms with E-state index in [0.29, 0.717) is 0 Å². The quantitative estimate of drug-likeness (QED) is 0.629. The van der Waals surface area contributed by atoms with Crippen LogP contribution < -0.4 is 5.32 Å². The summed E-state index contributed by atoms with van der Waals surface area (Å²) in [5.74, 6) is 0.00542. The van der Waals surface area contributed by atoms with Crippen LogP contribution in [0.15, 0.2) is 0 Å². The Bertz CT molecular complexity index is 161. The lowest BCUT2D eigenvalue weighted by molar-refractivity contribution is -0.125. The molecule has 0 spiro atoms. The first-order valence-electron chi connectivity index (χ1n) is 4.31. The van der Waals surface area contributed by atoms with Crippen LogP contribution in [0, 0.1) is 0 Å². The van der Waals surface area contributed by atoms with Gasteiger partial charge in [0.25, 0.3) is 0 Å². The molecule has 1 saturated heterocycles. The number of hydrogen-bond donors (Lipinski definition) is 1. The number of amides is 1. The van der Waals surface area contributed by atoms with Gasteiger partial charge in [0.2, 0.25) is 5.91 Å². The zero-order valence-corrected chi connectivity index (χ0v) is 7.38. The monoisotopic (exact) mass is 171 g/mol. The van der Waals surface area contributed by atoms with E-state index in [2.05, 4.69) is 5.32 Å². The molecule has 0 saturated carbocycles. The molecule has 1 heterocycles. The highest BCUT2D eigenvalue weighted by atomic mass is 16.3. The normalized spacial score (nSPS) is 24.3. The molecular weight excluding hydrogens is 156 g/mol. The van der Waals surface area contributed by atoms with Crippen molar-refractivity contribution in [2.45, 2.75) is 18.9 Å². The highest BCUT2D eigenvalue weighted by molar-refractivity contribution is 5.81. The molecule has 0 bridgehead atoms. The summed E-state index contributed by atoms with van der Waals surface area (Å²) in [6.07, 6.45) is 1.99. The topological polar surface area (TPSA) is 52.2 Å². The molecule has 0 aromatic heterocycles. The van der Waals surface area contributed by atoms with Gasteiger partial charge in [-0.3, -0.25) is 9.69 Å². The lowest BCUT2D eigenvalue weighted by atomic mass is 10.2. The number of likely N-dealkylation sites (tertiary alicyclic amines) is 1. The van der Waals surface area contributed by atoms with Crippen LogP contribution in [-0.2, 0) is 9.90 Å². The van der Waals surface area contributed by atoms with Crippen molar-refractivity contribution in [3.05, 3.63) is 0 Å². The third-order valence-electron chi connectivity index (χ3n) is 2.22. The van der Waals surface area contributed by atoms with E-state index in [1.807, 2.05) is 11.9 Å². The molecule has 1 aliphatic rings. The van der Waals surface area contributed by atoms with Gasteiger partial charge in [0.1, 0.15) is 0 Å². The second kappa shape index (κ2) is 4.42. The van der Waals surface area contributed by atoms with Crippen molar-refractivity contribution in [2.24, 2.45) is 0 Å². The molecule has 1 aliphatic heterocycles. The summed E-state index contributed by atoms with van der Waals surface area (Å²) in [6, 6.07) is -0.00319. The van der Waals surface area contributed by atoms with Gasteiger partial charge >= 0.3 is 0 Å². The van der Waals surface area contributed by atoms with Crippen LogP contribution in [0.3, 0.4) is 0 Å². The van der Waals surface area contributed by atoms with Crippen molar-refractivity contribution in [1.82, 2.24) is 10.2 Å². The lowest BCUT2D eigenvalue weighted by Gasteiger charge is -2.17. The van der Waals surface area contributed by atoms with E-state index in [-0.39, 0.29) is 25.1 Å². The van der Waals surface area contributed by atoms with E-state index in [0.717, 1.165) is 19.4 Å². The zero-order chi connectivity index (χ0) is 8.97. The standard InChI is InChI=1S/C8H15N2O2/c1-10-5-2-3-7(10)8(12)9-4-6-11/h7H,2-6H2,1H3,(H,9,12)/t7-/m0/s1. The van der Waals surface area contributed by atoms with Crippen molar-refractivity contribution < 1.29 is 9.90 Å². The molecule has 1 atom stereocenters. The van der Waals surface area contributed by atoms with Gasteiger partial charge in [-0.2, -0.15) is 0 Å². The highest BCUT2D eigenvalue weighted by Gasteiger charge is 2.26. The first-order chi connectivity index (χ1) is 5.75. The summed E-state index contributed by atoms with van der Waals surface area (Å²) < 4.78 is 0. The SMILES string of the molecule is CN1CCC[C@H]1C(=O)NCC[O]. The molecule has 1 amide bonds. The molecule has 4 nitrogen and oxygen atoms in total. The number of likely N-dealkylation sites (N-methyl/N-ethyl adjacent to an activating group) is 1. The summed E-state index contributed by atoms with van der Waals surface area (Å²) in [5.41, 5.74) is 0. The van der Waals surface area contributed by atoms with E-state index in [4.69, 9.17) is 0 Å². The van der Waals surface area contributed by atoms with Crippen LogP contribution in [0.5, 0.6) is 0 Å². The summed E-state index contributed by atoms with van der Waals surface area (Å²) in [5, 5.41) is 12.7. The molecule has 12 heavy (non-hydrogen) atoms. The molecule has 1 rings (SSSR count). The number of carbonyl (C=O) groups excluding carboxylic acids is 1. The number of carbonyl (C=O) groups is 1. The molecule has 69 valence electrons. The van der Waals surface area contributed by atoms with E-state index >= 15 is 0 Å². The second-order valence-corrected chi connectivity index (χ2v) is 3.13. The van der Waals surface area contributed by atoms with Crippen LogP contribution in [0.25, 0.3) is 0 Å². The Balaban J connectivity index is 2.30. The van der Waals surface area contributed by atoms with E-state index in [1.54, 1.807) is 0 Å². The Labute approximate surface area is 72.6 Å².